The van der Waals surface area contributed by atoms with Crippen LogP contribution in [0.5, 0.6) is 0 Å². The number of aromatic nitrogens is 1. The molecule has 1 atom stereocenters. The lowest BCUT2D eigenvalue weighted by Gasteiger charge is -2.35. The number of nitrogen functional groups attached to an aromatic ring is 1. The molecule has 2 bridgehead atoms. The van der Waals surface area contributed by atoms with E-state index in [1.54, 1.807) is 0 Å². The maximum atomic E-state index is 13.3. The van der Waals surface area contributed by atoms with Gasteiger partial charge in [0, 0.05) is 24.1 Å². The molecular weight excluding hydrogens is 351 g/mol. The summed E-state index contributed by atoms with van der Waals surface area (Å²) < 4.78 is 39.8. The Bertz CT molecular complexity index is 788. The molecule has 6 heteroatoms. The highest BCUT2D eigenvalue weighted by Crippen LogP contribution is 2.52. The molecule has 1 aliphatic heterocycles. The van der Waals surface area contributed by atoms with Gasteiger partial charge in [-0.1, -0.05) is 19.9 Å². The molecule has 1 aromatic rings. The van der Waals surface area contributed by atoms with E-state index in [4.69, 9.17) is 5.73 Å². The van der Waals surface area contributed by atoms with Gasteiger partial charge in [0.1, 0.15) is 5.82 Å². The third kappa shape index (κ3) is 3.34. The second-order valence-corrected chi connectivity index (χ2v) is 8.44. The quantitative estimate of drug-likeness (QED) is 0.761. The van der Waals surface area contributed by atoms with E-state index in [9.17, 15) is 13.2 Å². The predicted octanol–water partition coefficient (Wildman–Crippen LogP) is 5.46. The Morgan fingerprint density at radius 3 is 2.56 bits per heavy atom. The van der Waals surface area contributed by atoms with Crippen LogP contribution in [0.15, 0.2) is 30.2 Å². The molecule has 146 valence electrons. The van der Waals surface area contributed by atoms with Gasteiger partial charge in [-0.3, -0.25) is 0 Å². The molecule has 0 aromatic carbocycles. The van der Waals surface area contributed by atoms with Crippen LogP contribution in [-0.2, 0) is 6.18 Å². The van der Waals surface area contributed by atoms with Crippen molar-refractivity contribution in [3.05, 3.63) is 41.4 Å². The van der Waals surface area contributed by atoms with Crippen molar-refractivity contribution in [3.63, 3.8) is 0 Å². The summed E-state index contributed by atoms with van der Waals surface area (Å²) in [5, 5.41) is 0. The largest absolute Gasteiger partial charge is 0.419 e. The number of hydrogen-bond acceptors (Lipinski definition) is 3. The lowest BCUT2D eigenvalue weighted by atomic mass is 9.83. The number of nitrogens with two attached hydrogens (primary N) is 1. The Balaban J connectivity index is 1.72. The normalized spacial score (nSPS) is 27.9. The number of anilines is 1. The third-order valence-corrected chi connectivity index (χ3v) is 6.29. The standard InChI is InChI=1S/C21H26F3N3/c1-12(2)18-5-3-4-14(11-27(18)19-8-13-6-15(19)7-13)16-9-17(21(22,23)24)20(25)26-10-16/h5,9-13,15,19H,3-4,6-8H2,1-2H3,(H2,25,26)/t13?,15?,19-/m0/s1. The fourth-order valence-electron chi connectivity index (χ4n) is 4.87. The SMILES string of the molecule is CC(C)C1=CCCC(c2cnc(N)c(C(F)(F)F)c2)=CN1[C@H]1CC2CC1C2. The summed E-state index contributed by atoms with van der Waals surface area (Å²) in [6, 6.07) is 1.63. The second-order valence-electron chi connectivity index (χ2n) is 8.44. The van der Waals surface area contributed by atoms with Crippen molar-refractivity contribution in [1.29, 1.82) is 0 Å². The van der Waals surface area contributed by atoms with Crippen LogP contribution in [0.2, 0.25) is 0 Å². The molecule has 3 fully saturated rings. The first-order valence-corrected chi connectivity index (χ1v) is 9.76. The smallest absolute Gasteiger partial charge is 0.383 e. The minimum atomic E-state index is -4.49. The minimum absolute atomic E-state index is 0.383. The lowest BCUT2D eigenvalue weighted by Crippen LogP contribution is -2.34. The molecule has 0 saturated heterocycles. The Labute approximate surface area is 158 Å². The molecule has 3 nitrogen and oxygen atoms in total. The summed E-state index contributed by atoms with van der Waals surface area (Å²) in [5.41, 5.74) is 7.35. The van der Waals surface area contributed by atoms with Crippen LogP contribution in [0.1, 0.15) is 57.1 Å². The Morgan fingerprint density at radius 1 is 1.22 bits per heavy atom. The number of hydrogen-bond donors (Lipinski definition) is 1. The predicted molar refractivity (Wildman–Crippen MR) is 100 cm³/mol. The average molecular weight is 377 g/mol. The number of pyridine rings is 1. The van der Waals surface area contributed by atoms with Crippen LogP contribution >= 0.6 is 0 Å². The fraction of sp³-hybridized carbons (Fsp3) is 0.571. The number of allylic oxidation sites excluding steroid dienone is 3. The maximum Gasteiger partial charge on any atom is 0.419 e. The van der Waals surface area contributed by atoms with Crippen molar-refractivity contribution in [1.82, 2.24) is 9.88 Å². The van der Waals surface area contributed by atoms with Crippen molar-refractivity contribution in [2.75, 3.05) is 5.73 Å². The van der Waals surface area contributed by atoms with Gasteiger partial charge >= 0.3 is 6.18 Å². The molecule has 27 heavy (non-hydrogen) atoms. The van der Waals surface area contributed by atoms with Crippen molar-refractivity contribution in [2.45, 2.75) is 58.2 Å². The van der Waals surface area contributed by atoms with Crippen LogP contribution < -0.4 is 5.73 Å². The molecule has 3 aliphatic carbocycles. The van der Waals surface area contributed by atoms with Gasteiger partial charge in [-0.2, -0.15) is 13.2 Å². The molecule has 1 aromatic heterocycles. The second kappa shape index (κ2) is 6.57. The van der Waals surface area contributed by atoms with E-state index < -0.39 is 17.6 Å². The zero-order valence-corrected chi connectivity index (χ0v) is 15.8. The summed E-state index contributed by atoms with van der Waals surface area (Å²) >= 11 is 0. The van der Waals surface area contributed by atoms with Gasteiger partial charge in [-0.05, 0) is 67.1 Å². The minimum Gasteiger partial charge on any atom is -0.383 e. The Morgan fingerprint density at radius 2 is 1.96 bits per heavy atom. The first kappa shape index (κ1) is 18.4. The molecule has 5 rings (SSSR count). The summed E-state index contributed by atoms with van der Waals surface area (Å²) in [5.74, 6) is 1.45. The van der Waals surface area contributed by atoms with Crippen LogP contribution in [0.4, 0.5) is 19.0 Å². The number of halogens is 3. The van der Waals surface area contributed by atoms with Crippen molar-refractivity contribution < 1.29 is 13.2 Å². The number of fused-ring (bicyclic) bond motifs is 1. The third-order valence-electron chi connectivity index (χ3n) is 6.29. The summed E-state index contributed by atoms with van der Waals surface area (Å²) in [7, 11) is 0. The van der Waals surface area contributed by atoms with Gasteiger partial charge in [0.05, 0.1) is 5.56 Å². The van der Waals surface area contributed by atoms with Gasteiger partial charge in [0.15, 0.2) is 0 Å². The Kier molecular flexibility index (Phi) is 4.47. The highest BCUT2D eigenvalue weighted by molar-refractivity contribution is 5.67. The molecule has 2 N–H and O–H groups in total. The van der Waals surface area contributed by atoms with E-state index in [2.05, 4.69) is 36.0 Å². The van der Waals surface area contributed by atoms with E-state index in [1.807, 2.05) is 0 Å². The van der Waals surface area contributed by atoms with E-state index in [0.29, 0.717) is 29.9 Å². The molecule has 2 heterocycles. The molecule has 0 amide bonds. The Hall–Kier alpha value is -1.98. The van der Waals surface area contributed by atoms with Crippen LogP contribution in [0.25, 0.3) is 5.57 Å². The molecule has 4 aliphatic rings. The van der Waals surface area contributed by atoms with Crippen LogP contribution in [-0.4, -0.2) is 15.9 Å². The van der Waals surface area contributed by atoms with Crippen LogP contribution in [0.3, 0.4) is 0 Å². The van der Waals surface area contributed by atoms with Gasteiger partial charge in [0.2, 0.25) is 0 Å². The summed E-state index contributed by atoms with van der Waals surface area (Å²) in [6.07, 6.45) is 6.63. The van der Waals surface area contributed by atoms with E-state index in [0.717, 1.165) is 24.0 Å². The topological polar surface area (TPSA) is 42.1 Å². The lowest BCUT2D eigenvalue weighted by molar-refractivity contribution is -0.137. The molecule has 0 spiro atoms. The highest BCUT2D eigenvalue weighted by Gasteiger charge is 2.47. The number of nitrogens with zero attached hydrogens (tertiary/aromatic N) is 2. The van der Waals surface area contributed by atoms with Crippen LogP contribution in [0, 0.1) is 17.8 Å². The van der Waals surface area contributed by atoms with Crippen molar-refractivity contribution >= 4 is 11.4 Å². The summed E-state index contributed by atoms with van der Waals surface area (Å²) in [4.78, 5) is 6.20. The van der Waals surface area contributed by atoms with Crippen molar-refractivity contribution in [2.24, 2.45) is 17.8 Å². The zero-order chi connectivity index (χ0) is 19.3. The maximum absolute atomic E-state index is 13.3. The molecule has 0 unspecified atom stereocenters. The molecule has 0 radical (unpaired) electrons. The first-order chi connectivity index (χ1) is 12.7. The molecule has 3 saturated carbocycles. The van der Waals surface area contributed by atoms with Gasteiger partial charge < -0.3 is 10.6 Å². The average Bonchev–Trinajstić information content (AvgIpc) is 3.08. The van der Waals surface area contributed by atoms with Crippen molar-refractivity contribution in [3.8, 4) is 0 Å². The monoisotopic (exact) mass is 377 g/mol. The first-order valence-electron chi connectivity index (χ1n) is 9.76. The fourth-order valence-corrected chi connectivity index (χ4v) is 4.87. The highest BCUT2D eigenvalue weighted by atomic mass is 19.4. The van der Waals surface area contributed by atoms with E-state index in [1.165, 1.54) is 31.2 Å². The summed E-state index contributed by atoms with van der Waals surface area (Å²) in [6.45, 7) is 4.37. The van der Waals surface area contributed by atoms with Gasteiger partial charge in [-0.25, -0.2) is 4.98 Å². The number of rotatable bonds is 3. The van der Waals surface area contributed by atoms with E-state index >= 15 is 0 Å². The van der Waals surface area contributed by atoms with Gasteiger partial charge in [-0.15, -0.1) is 0 Å². The zero-order valence-electron chi connectivity index (χ0n) is 15.8. The number of alkyl halides is 3. The molecular formula is C21H26F3N3. The van der Waals surface area contributed by atoms with E-state index in [-0.39, 0.29) is 0 Å². The van der Waals surface area contributed by atoms with Gasteiger partial charge in [0.25, 0.3) is 0 Å².